The molecule has 0 bridgehead atoms. The first-order chi connectivity index (χ1) is 9.90. The van der Waals surface area contributed by atoms with Gasteiger partial charge in [-0.15, -0.1) is 0 Å². The molecule has 0 saturated carbocycles. The Bertz CT molecular complexity index is 580. The van der Waals surface area contributed by atoms with Crippen LogP contribution in [0.5, 0.6) is 0 Å². The van der Waals surface area contributed by atoms with Gasteiger partial charge in [-0.25, -0.2) is 0 Å². The lowest BCUT2D eigenvalue weighted by molar-refractivity contribution is 0.0659. The fourth-order valence-corrected chi connectivity index (χ4v) is 3.02. The van der Waals surface area contributed by atoms with Gasteiger partial charge >= 0.3 is 0 Å². The first-order valence-electron chi connectivity index (χ1n) is 7.11. The molecule has 1 N–H and O–H groups in total. The van der Waals surface area contributed by atoms with Crippen molar-refractivity contribution in [3.63, 3.8) is 0 Å². The molecule has 2 aromatic rings. The van der Waals surface area contributed by atoms with Crippen molar-refractivity contribution in [2.24, 2.45) is 0 Å². The minimum Gasteiger partial charge on any atom is -0.378 e. The van der Waals surface area contributed by atoms with Crippen LogP contribution in [0.3, 0.4) is 0 Å². The molecular weight excluding hydrogens is 254 g/mol. The van der Waals surface area contributed by atoms with Gasteiger partial charge in [0, 0.05) is 12.5 Å². The Morgan fingerprint density at radius 3 is 2.65 bits per heavy atom. The predicted octanol–water partition coefficient (Wildman–Crippen LogP) is 1.61. The van der Waals surface area contributed by atoms with E-state index in [1.807, 2.05) is 0 Å². The second kappa shape index (κ2) is 5.00. The second-order valence-corrected chi connectivity index (χ2v) is 5.45. The molecule has 0 amide bonds. The predicted molar refractivity (Wildman–Crippen MR) is 72.5 cm³/mol. The number of morpholine rings is 1. The van der Waals surface area contributed by atoms with Gasteiger partial charge in [0.15, 0.2) is 5.82 Å². The highest BCUT2D eigenvalue weighted by molar-refractivity contribution is 5.34. The molecule has 1 aromatic carbocycles. The molecule has 2 aliphatic rings. The Morgan fingerprint density at radius 2 is 1.95 bits per heavy atom. The maximum absolute atomic E-state index is 5.43. The molecule has 5 heteroatoms. The van der Waals surface area contributed by atoms with Gasteiger partial charge in [0.25, 0.3) is 0 Å². The van der Waals surface area contributed by atoms with Crippen molar-refractivity contribution >= 4 is 0 Å². The van der Waals surface area contributed by atoms with Crippen molar-refractivity contribution < 1.29 is 9.26 Å². The first kappa shape index (κ1) is 12.1. The van der Waals surface area contributed by atoms with Crippen LogP contribution in [0.15, 0.2) is 28.8 Å². The quantitative estimate of drug-likeness (QED) is 0.899. The summed E-state index contributed by atoms with van der Waals surface area (Å²) in [5, 5.41) is 7.51. The number of hydrogen-bond acceptors (Lipinski definition) is 5. The van der Waals surface area contributed by atoms with Crippen molar-refractivity contribution in [3.05, 3.63) is 47.1 Å². The zero-order valence-corrected chi connectivity index (χ0v) is 11.2. The van der Waals surface area contributed by atoms with E-state index in [1.165, 1.54) is 11.1 Å². The van der Waals surface area contributed by atoms with E-state index in [9.17, 15) is 0 Å². The summed E-state index contributed by atoms with van der Waals surface area (Å²) in [4.78, 5) is 4.58. The largest absolute Gasteiger partial charge is 0.378 e. The maximum atomic E-state index is 5.43. The highest BCUT2D eigenvalue weighted by atomic mass is 16.5. The van der Waals surface area contributed by atoms with E-state index in [-0.39, 0.29) is 6.04 Å². The fraction of sp³-hybridized carbons (Fsp3) is 0.467. The van der Waals surface area contributed by atoms with Gasteiger partial charge in [-0.05, 0) is 24.0 Å². The molecule has 1 atom stereocenters. The first-order valence-corrected chi connectivity index (χ1v) is 7.11. The lowest BCUT2D eigenvalue weighted by Gasteiger charge is -2.20. The molecule has 0 spiro atoms. The van der Waals surface area contributed by atoms with Crippen molar-refractivity contribution in [2.75, 3.05) is 19.8 Å². The molecule has 4 rings (SSSR count). The molecule has 2 heterocycles. The smallest absolute Gasteiger partial charge is 0.246 e. The number of aromatic nitrogens is 2. The van der Waals surface area contributed by atoms with Gasteiger partial charge in [0.1, 0.15) is 6.04 Å². The minimum atomic E-state index is 0.0359. The topological polar surface area (TPSA) is 60.2 Å². The summed E-state index contributed by atoms with van der Waals surface area (Å²) in [6.45, 7) is 2.18. The molecule has 1 saturated heterocycles. The fourth-order valence-electron chi connectivity index (χ4n) is 3.02. The molecule has 1 aromatic heterocycles. The highest BCUT2D eigenvalue weighted by Gasteiger charge is 2.28. The standard InChI is InChI=1S/C15H17N3O2/c1-2-4-11-8-12(7-10(11)3-1)14-17-15(20-18-14)13-9-19-6-5-16-13/h1-4,12-13,16H,5-9H2. The van der Waals surface area contributed by atoms with Crippen LogP contribution in [0.2, 0.25) is 0 Å². The van der Waals surface area contributed by atoms with E-state index in [0.29, 0.717) is 18.4 Å². The van der Waals surface area contributed by atoms with Crippen LogP contribution >= 0.6 is 0 Å². The van der Waals surface area contributed by atoms with Gasteiger partial charge in [-0.3, -0.25) is 0 Å². The van der Waals surface area contributed by atoms with Gasteiger partial charge < -0.3 is 14.6 Å². The Labute approximate surface area is 117 Å². The van der Waals surface area contributed by atoms with Crippen LogP contribution in [0.25, 0.3) is 0 Å². The third-order valence-electron chi connectivity index (χ3n) is 4.09. The van der Waals surface area contributed by atoms with Crippen molar-refractivity contribution in [2.45, 2.75) is 24.8 Å². The van der Waals surface area contributed by atoms with E-state index in [0.717, 1.165) is 31.8 Å². The molecular formula is C15H17N3O2. The van der Waals surface area contributed by atoms with Crippen LogP contribution in [0.4, 0.5) is 0 Å². The van der Waals surface area contributed by atoms with Crippen LogP contribution in [-0.4, -0.2) is 29.9 Å². The number of nitrogens with one attached hydrogen (secondary N) is 1. The second-order valence-electron chi connectivity index (χ2n) is 5.45. The molecule has 0 radical (unpaired) electrons. The average molecular weight is 271 g/mol. The summed E-state index contributed by atoms with van der Waals surface area (Å²) in [5.74, 6) is 1.81. The number of hydrogen-bond donors (Lipinski definition) is 1. The summed E-state index contributed by atoms with van der Waals surface area (Å²) >= 11 is 0. The number of rotatable bonds is 2. The normalized spacial score (nSPS) is 22.9. The van der Waals surface area contributed by atoms with Crippen LogP contribution in [0, 0.1) is 0 Å². The van der Waals surface area contributed by atoms with Crippen molar-refractivity contribution in [1.29, 1.82) is 0 Å². The lowest BCUT2D eigenvalue weighted by Crippen LogP contribution is -2.34. The summed E-state index contributed by atoms with van der Waals surface area (Å²) in [7, 11) is 0. The summed E-state index contributed by atoms with van der Waals surface area (Å²) in [5.41, 5.74) is 2.81. The molecule has 1 aliphatic heterocycles. The number of fused-ring (bicyclic) bond motifs is 1. The molecule has 104 valence electrons. The van der Waals surface area contributed by atoms with Crippen LogP contribution < -0.4 is 5.32 Å². The molecule has 1 aliphatic carbocycles. The Balaban J connectivity index is 1.52. The van der Waals surface area contributed by atoms with E-state index in [2.05, 4.69) is 39.7 Å². The van der Waals surface area contributed by atoms with Crippen LogP contribution in [-0.2, 0) is 17.6 Å². The van der Waals surface area contributed by atoms with Crippen molar-refractivity contribution in [1.82, 2.24) is 15.5 Å². The molecule has 1 fully saturated rings. The van der Waals surface area contributed by atoms with Gasteiger partial charge in [0.2, 0.25) is 5.89 Å². The average Bonchev–Trinajstić information content (AvgIpc) is 3.14. The van der Waals surface area contributed by atoms with Gasteiger partial charge in [0.05, 0.1) is 13.2 Å². The van der Waals surface area contributed by atoms with E-state index < -0.39 is 0 Å². The number of benzene rings is 1. The van der Waals surface area contributed by atoms with Gasteiger partial charge in [-0.1, -0.05) is 29.4 Å². The maximum Gasteiger partial charge on any atom is 0.246 e. The highest BCUT2D eigenvalue weighted by Crippen LogP contribution is 2.32. The number of ether oxygens (including phenoxy) is 1. The molecule has 20 heavy (non-hydrogen) atoms. The Hall–Kier alpha value is -1.72. The van der Waals surface area contributed by atoms with Gasteiger partial charge in [-0.2, -0.15) is 4.98 Å². The van der Waals surface area contributed by atoms with Crippen molar-refractivity contribution in [3.8, 4) is 0 Å². The Kier molecular flexibility index (Phi) is 3.01. The molecule has 1 unspecified atom stereocenters. The van der Waals surface area contributed by atoms with Crippen LogP contribution in [0.1, 0.15) is 34.8 Å². The summed E-state index contributed by atoms with van der Waals surface area (Å²) in [6, 6.07) is 8.59. The SMILES string of the molecule is c1ccc2c(c1)CC(c1noc(C3COCCN3)n1)C2. The lowest BCUT2D eigenvalue weighted by atomic mass is 10.1. The monoisotopic (exact) mass is 271 g/mol. The molecule has 5 nitrogen and oxygen atoms in total. The summed E-state index contributed by atoms with van der Waals surface area (Å²) < 4.78 is 10.8. The summed E-state index contributed by atoms with van der Waals surface area (Å²) in [6.07, 6.45) is 2.01. The zero-order valence-electron chi connectivity index (χ0n) is 11.2. The third-order valence-corrected chi connectivity index (χ3v) is 4.09. The van der Waals surface area contributed by atoms with E-state index in [4.69, 9.17) is 9.26 Å². The minimum absolute atomic E-state index is 0.0359. The number of nitrogens with zero attached hydrogens (tertiary/aromatic N) is 2. The zero-order chi connectivity index (χ0) is 13.4. The Morgan fingerprint density at radius 1 is 1.15 bits per heavy atom. The third kappa shape index (κ3) is 2.13. The van der Waals surface area contributed by atoms with E-state index in [1.54, 1.807) is 0 Å². The van der Waals surface area contributed by atoms with E-state index >= 15 is 0 Å².